The molecule has 1 aliphatic heterocycles. The number of benzene rings is 1. The fourth-order valence-corrected chi connectivity index (χ4v) is 3.49. The van der Waals surface area contributed by atoms with Crippen molar-refractivity contribution >= 4 is 34.0 Å². The van der Waals surface area contributed by atoms with Crippen LogP contribution in [0.2, 0.25) is 0 Å². The molecule has 1 aromatic carbocycles. The molecule has 0 radical (unpaired) electrons. The number of nitrogens with one attached hydrogen (secondary N) is 4. The van der Waals surface area contributed by atoms with Gasteiger partial charge in [0.1, 0.15) is 0 Å². The molecule has 1 aliphatic rings. The molecule has 1 aromatic heterocycles. The van der Waals surface area contributed by atoms with Crippen molar-refractivity contribution in [2.75, 3.05) is 49.9 Å². The van der Waals surface area contributed by atoms with Gasteiger partial charge >= 0.3 is 6.03 Å². The maximum Gasteiger partial charge on any atom is 0.324 e. The normalized spacial score (nSPS) is 14.6. The first-order valence-electron chi connectivity index (χ1n) is 8.65. The van der Waals surface area contributed by atoms with Gasteiger partial charge in [-0.05, 0) is 24.3 Å². The maximum absolute atomic E-state index is 12.2. The van der Waals surface area contributed by atoms with Gasteiger partial charge in [-0.25, -0.2) is 4.79 Å². The number of piperazine rings is 1. The van der Waals surface area contributed by atoms with Gasteiger partial charge in [-0.3, -0.25) is 15.0 Å². The molecule has 3 amide bonds. The second-order valence-corrected chi connectivity index (χ2v) is 7.04. The lowest BCUT2D eigenvalue weighted by atomic mass is 10.3. The van der Waals surface area contributed by atoms with Gasteiger partial charge in [0, 0.05) is 45.0 Å². The topological polar surface area (TPSA) is 85.5 Å². The second kappa shape index (κ2) is 9.33. The van der Waals surface area contributed by atoms with E-state index in [9.17, 15) is 9.59 Å². The van der Waals surface area contributed by atoms with E-state index in [1.807, 2.05) is 30.3 Å². The Kier molecular flexibility index (Phi) is 6.59. The number of amides is 3. The van der Waals surface area contributed by atoms with E-state index in [4.69, 9.17) is 0 Å². The fourth-order valence-electron chi connectivity index (χ4n) is 2.67. The average Bonchev–Trinajstić information content (AvgIpc) is 3.12. The molecule has 0 bridgehead atoms. The number of carbonyl (C=O) groups excluding carboxylic acids is 2. The summed E-state index contributed by atoms with van der Waals surface area (Å²) < 4.78 is 0. The zero-order chi connectivity index (χ0) is 18.2. The second-order valence-electron chi connectivity index (χ2n) is 5.96. The Labute approximate surface area is 156 Å². The van der Waals surface area contributed by atoms with Gasteiger partial charge < -0.3 is 16.0 Å². The summed E-state index contributed by atoms with van der Waals surface area (Å²) in [5.41, 5.74) is 0.715. The molecule has 0 atom stereocenters. The smallest absolute Gasteiger partial charge is 0.324 e. The maximum atomic E-state index is 12.2. The highest BCUT2D eigenvalue weighted by molar-refractivity contribution is 7.18. The molecular formula is C18H23N5O2S. The Morgan fingerprint density at radius 1 is 1.04 bits per heavy atom. The Bertz CT molecular complexity index is 728. The highest BCUT2D eigenvalue weighted by Gasteiger charge is 2.12. The van der Waals surface area contributed by atoms with Gasteiger partial charge in [0.05, 0.1) is 9.88 Å². The van der Waals surface area contributed by atoms with Crippen LogP contribution in [0.4, 0.5) is 15.5 Å². The third kappa shape index (κ3) is 5.55. The summed E-state index contributed by atoms with van der Waals surface area (Å²) in [4.78, 5) is 27.1. The predicted octanol–water partition coefficient (Wildman–Crippen LogP) is 2.03. The van der Waals surface area contributed by atoms with E-state index >= 15 is 0 Å². The zero-order valence-electron chi connectivity index (χ0n) is 14.5. The quantitative estimate of drug-likeness (QED) is 0.624. The molecule has 26 heavy (non-hydrogen) atoms. The van der Waals surface area contributed by atoms with Crippen LogP contribution in [-0.2, 0) is 0 Å². The van der Waals surface area contributed by atoms with E-state index < -0.39 is 0 Å². The van der Waals surface area contributed by atoms with Crippen LogP contribution < -0.4 is 21.3 Å². The van der Waals surface area contributed by atoms with Crippen molar-refractivity contribution in [3.8, 4) is 0 Å². The molecule has 138 valence electrons. The third-order valence-corrected chi connectivity index (χ3v) is 5.02. The summed E-state index contributed by atoms with van der Waals surface area (Å²) in [7, 11) is 0. The molecule has 0 unspecified atom stereocenters. The SMILES string of the molecule is O=C(Nc1ccccc1)Nc1ccc(C(=O)NCCN2CCNCC2)s1. The monoisotopic (exact) mass is 373 g/mol. The highest BCUT2D eigenvalue weighted by atomic mass is 32.1. The number of carbonyl (C=O) groups is 2. The van der Waals surface area contributed by atoms with Crippen LogP contribution in [-0.4, -0.2) is 56.1 Å². The van der Waals surface area contributed by atoms with Gasteiger partial charge in [0.2, 0.25) is 0 Å². The molecule has 0 aliphatic carbocycles. The van der Waals surface area contributed by atoms with Gasteiger partial charge in [0.15, 0.2) is 0 Å². The van der Waals surface area contributed by atoms with Gasteiger partial charge in [0.25, 0.3) is 5.91 Å². The molecule has 2 heterocycles. The largest absolute Gasteiger partial charge is 0.350 e. The van der Waals surface area contributed by atoms with Crippen LogP contribution in [0.1, 0.15) is 9.67 Å². The van der Waals surface area contributed by atoms with Crippen LogP contribution in [0, 0.1) is 0 Å². The van der Waals surface area contributed by atoms with Crippen LogP contribution in [0.25, 0.3) is 0 Å². The Morgan fingerprint density at radius 2 is 1.81 bits per heavy atom. The lowest BCUT2D eigenvalue weighted by molar-refractivity contribution is 0.0951. The molecule has 8 heteroatoms. The first-order chi connectivity index (χ1) is 12.7. The van der Waals surface area contributed by atoms with E-state index in [-0.39, 0.29) is 11.9 Å². The van der Waals surface area contributed by atoms with Gasteiger partial charge in [-0.2, -0.15) is 0 Å². The van der Waals surface area contributed by atoms with Crippen LogP contribution in [0.5, 0.6) is 0 Å². The summed E-state index contributed by atoms with van der Waals surface area (Å²) >= 11 is 1.26. The minimum atomic E-state index is -0.330. The van der Waals surface area contributed by atoms with Crippen molar-refractivity contribution in [1.29, 1.82) is 0 Å². The Morgan fingerprint density at radius 3 is 2.58 bits per heavy atom. The van der Waals surface area contributed by atoms with E-state index in [0.717, 1.165) is 32.7 Å². The molecule has 0 saturated carbocycles. The lowest BCUT2D eigenvalue weighted by Crippen LogP contribution is -2.46. The number of hydrogen-bond acceptors (Lipinski definition) is 5. The molecule has 3 rings (SSSR count). The summed E-state index contributed by atoms with van der Waals surface area (Å²) in [5, 5.41) is 12.4. The van der Waals surface area contributed by atoms with Crippen molar-refractivity contribution < 1.29 is 9.59 Å². The number of thiophene rings is 1. The minimum absolute atomic E-state index is 0.110. The molecule has 2 aromatic rings. The zero-order valence-corrected chi connectivity index (χ0v) is 15.3. The van der Waals surface area contributed by atoms with Crippen LogP contribution >= 0.6 is 11.3 Å². The van der Waals surface area contributed by atoms with Crippen molar-refractivity contribution in [3.05, 3.63) is 47.3 Å². The van der Waals surface area contributed by atoms with E-state index in [0.29, 0.717) is 22.1 Å². The minimum Gasteiger partial charge on any atom is -0.350 e. The standard InChI is InChI=1S/C18H23N5O2S/c24-17(20-10-13-23-11-8-19-9-12-23)15-6-7-16(26-15)22-18(25)21-14-4-2-1-3-5-14/h1-7,19H,8-13H2,(H,20,24)(H2,21,22,25). The van der Waals surface area contributed by atoms with Gasteiger partial charge in [-0.1, -0.05) is 18.2 Å². The molecule has 1 saturated heterocycles. The first-order valence-corrected chi connectivity index (χ1v) is 9.46. The summed E-state index contributed by atoms with van der Waals surface area (Å²) in [6.07, 6.45) is 0. The van der Waals surface area contributed by atoms with Gasteiger partial charge in [-0.15, -0.1) is 11.3 Å². The number of urea groups is 1. The molecule has 4 N–H and O–H groups in total. The summed E-state index contributed by atoms with van der Waals surface area (Å²) in [5.74, 6) is -0.110. The Balaban J connectivity index is 1.43. The first kappa shape index (κ1) is 18.4. The average molecular weight is 373 g/mol. The summed E-state index contributed by atoms with van der Waals surface area (Å²) in [6.45, 7) is 5.49. The van der Waals surface area contributed by atoms with Crippen molar-refractivity contribution in [2.24, 2.45) is 0 Å². The van der Waals surface area contributed by atoms with E-state index in [2.05, 4.69) is 26.2 Å². The number of hydrogen-bond donors (Lipinski definition) is 4. The lowest BCUT2D eigenvalue weighted by Gasteiger charge is -2.26. The molecule has 7 nitrogen and oxygen atoms in total. The number of anilines is 2. The van der Waals surface area contributed by atoms with E-state index in [1.165, 1.54) is 11.3 Å². The Hall–Kier alpha value is -2.42. The van der Waals surface area contributed by atoms with E-state index in [1.54, 1.807) is 12.1 Å². The number of nitrogens with zero attached hydrogens (tertiary/aromatic N) is 1. The van der Waals surface area contributed by atoms with Crippen LogP contribution in [0.3, 0.4) is 0 Å². The molecule has 1 fully saturated rings. The molecular weight excluding hydrogens is 350 g/mol. The summed E-state index contributed by atoms with van der Waals surface area (Å²) in [6, 6.07) is 12.3. The van der Waals surface area contributed by atoms with Crippen molar-refractivity contribution in [2.45, 2.75) is 0 Å². The van der Waals surface area contributed by atoms with Crippen molar-refractivity contribution in [3.63, 3.8) is 0 Å². The van der Waals surface area contributed by atoms with Crippen LogP contribution in [0.15, 0.2) is 42.5 Å². The predicted molar refractivity (Wildman–Crippen MR) is 105 cm³/mol. The van der Waals surface area contributed by atoms with Crippen molar-refractivity contribution in [1.82, 2.24) is 15.5 Å². The number of rotatable bonds is 6. The number of para-hydroxylation sites is 1. The highest BCUT2D eigenvalue weighted by Crippen LogP contribution is 2.22. The fraction of sp³-hybridized carbons (Fsp3) is 0.333. The molecule has 0 spiro atoms. The third-order valence-electron chi connectivity index (χ3n) is 4.02.